The predicted octanol–water partition coefficient (Wildman–Crippen LogP) is 2.03. The number of carbonyl (C=O) groups is 2. The lowest BCUT2D eigenvalue weighted by Gasteiger charge is -2.17. The van der Waals surface area contributed by atoms with Crippen molar-refractivity contribution < 1.29 is 27.5 Å². The number of sulfonamides is 1. The topological polar surface area (TPSA) is 140 Å². The molecule has 0 bridgehead atoms. The smallest absolute Gasteiger partial charge is 0.238 e. The second-order valence-corrected chi connectivity index (χ2v) is 8.74. The average Bonchev–Trinajstić information content (AvgIpc) is 2.74. The standard InChI is InChI=1S/C22H30N4O6S/c1-4-31-19-11-8-17(14-20(19)32-5-2)25-22(28)15-26(3)13-12-21(27)24-16-6-9-18(10-7-16)33(23,29)30/h6-11,14H,4-5,12-13,15H2,1-3H3,(H,24,27)(H,25,28)(H2,23,29,30). The summed E-state index contributed by atoms with van der Waals surface area (Å²) in [5.74, 6) is 0.667. The van der Waals surface area contributed by atoms with Gasteiger partial charge in [-0.25, -0.2) is 13.6 Å². The Morgan fingerprint density at radius 3 is 2.09 bits per heavy atom. The van der Waals surface area contributed by atoms with Gasteiger partial charge in [-0.2, -0.15) is 0 Å². The van der Waals surface area contributed by atoms with E-state index in [1.807, 2.05) is 13.8 Å². The molecule has 0 aliphatic carbocycles. The molecule has 0 aromatic heterocycles. The number of benzene rings is 2. The Balaban J connectivity index is 1.81. The van der Waals surface area contributed by atoms with Gasteiger partial charge in [0, 0.05) is 30.4 Å². The Morgan fingerprint density at radius 1 is 0.909 bits per heavy atom. The molecule has 0 saturated heterocycles. The van der Waals surface area contributed by atoms with Gasteiger partial charge >= 0.3 is 0 Å². The Hall–Kier alpha value is -3.15. The van der Waals surface area contributed by atoms with Crippen molar-refractivity contribution in [2.24, 2.45) is 5.14 Å². The van der Waals surface area contributed by atoms with Crippen molar-refractivity contribution in [3.8, 4) is 11.5 Å². The largest absolute Gasteiger partial charge is 0.490 e. The summed E-state index contributed by atoms with van der Waals surface area (Å²) in [6.07, 6.45) is 0.151. The zero-order valence-corrected chi connectivity index (χ0v) is 19.8. The first-order valence-corrected chi connectivity index (χ1v) is 12.0. The quantitative estimate of drug-likeness (QED) is 0.424. The van der Waals surface area contributed by atoms with Crippen LogP contribution in [0.5, 0.6) is 11.5 Å². The molecule has 0 atom stereocenters. The Bertz CT molecular complexity index is 1060. The van der Waals surface area contributed by atoms with Crippen molar-refractivity contribution in [1.82, 2.24) is 4.90 Å². The minimum atomic E-state index is -3.78. The van der Waals surface area contributed by atoms with Crippen molar-refractivity contribution in [3.63, 3.8) is 0 Å². The lowest BCUT2D eigenvalue weighted by molar-refractivity contribution is -0.119. The van der Waals surface area contributed by atoms with E-state index in [1.165, 1.54) is 24.3 Å². The van der Waals surface area contributed by atoms with Crippen molar-refractivity contribution in [2.45, 2.75) is 25.2 Å². The van der Waals surface area contributed by atoms with Crippen molar-refractivity contribution in [2.75, 3.05) is 44.0 Å². The molecule has 0 aliphatic rings. The molecule has 0 fully saturated rings. The molecule has 11 heteroatoms. The van der Waals surface area contributed by atoms with Gasteiger partial charge in [-0.1, -0.05) is 0 Å². The number of ether oxygens (including phenoxy) is 2. The first-order valence-electron chi connectivity index (χ1n) is 10.4. The van der Waals surface area contributed by atoms with Crippen LogP contribution in [-0.2, 0) is 19.6 Å². The summed E-state index contributed by atoms with van der Waals surface area (Å²) in [6, 6.07) is 10.7. The van der Waals surface area contributed by atoms with Gasteiger partial charge in [0.05, 0.1) is 24.7 Å². The highest BCUT2D eigenvalue weighted by Crippen LogP contribution is 2.30. The van der Waals surface area contributed by atoms with Crippen LogP contribution in [0.2, 0.25) is 0 Å². The molecule has 2 aromatic rings. The number of anilines is 2. The van der Waals surface area contributed by atoms with E-state index >= 15 is 0 Å². The molecule has 0 heterocycles. The van der Waals surface area contributed by atoms with E-state index in [1.54, 1.807) is 30.1 Å². The summed E-state index contributed by atoms with van der Waals surface area (Å²) >= 11 is 0. The van der Waals surface area contributed by atoms with Crippen LogP contribution in [0.1, 0.15) is 20.3 Å². The van der Waals surface area contributed by atoms with Gasteiger partial charge in [0.25, 0.3) is 0 Å². The molecule has 0 radical (unpaired) electrons. The highest BCUT2D eigenvalue weighted by molar-refractivity contribution is 7.89. The van der Waals surface area contributed by atoms with Crippen molar-refractivity contribution in [3.05, 3.63) is 42.5 Å². The number of carbonyl (C=O) groups excluding carboxylic acids is 2. The lowest BCUT2D eigenvalue weighted by atomic mass is 10.2. The van der Waals surface area contributed by atoms with Gasteiger partial charge in [-0.15, -0.1) is 0 Å². The van der Waals surface area contributed by atoms with Crippen LogP contribution in [0.3, 0.4) is 0 Å². The molecular weight excluding hydrogens is 448 g/mol. The van der Waals surface area contributed by atoms with E-state index < -0.39 is 10.0 Å². The van der Waals surface area contributed by atoms with Gasteiger partial charge in [0.15, 0.2) is 11.5 Å². The number of likely N-dealkylation sites (N-methyl/N-ethyl adjacent to an activating group) is 1. The summed E-state index contributed by atoms with van der Waals surface area (Å²) < 4.78 is 33.6. The molecule has 4 N–H and O–H groups in total. The summed E-state index contributed by atoms with van der Waals surface area (Å²) in [5.41, 5.74) is 1.04. The first kappa shape index (κ1) is 26.1. The first-order chi connectivity index (χ1) is 15.6. The molecular formula is C22H30N4O6S. The third-order valence-corrected chi connectivity index (χ3v) is 5.36. The second kappa shape index (κ2) is 12.2. The fourth-order valence-corrected chi connectivity index (χ4v) is 3.41. The van der Waals surface area contributed by atoms with Gasteiger partial charge in [-0.3, -0.25) is 14.5 Å². The maximum absolute atomic E-state index is 12.4. The molecule has 2 rings (SSSR count). The number of nitrogens with one attached hydrogen (secondary N) is 2. The Kier molecular flexibility index (Phi) is 9.64. The van der Waals surface area contributed by atoms with Crippen LogP contribution in [-0.4, -0.2) is 58.5 Å². The highest BCUT2D eigenvalue weighted by Gasteiger charge is 2.12. The second-order valence-electron chi connectivity index (χ2n) is 7.18. The van der Waals surface area contributed by atoms with Crippen LogP contribution in [0.25, 0.3) is 0 Å². The van der Waals surface area contributed by atoms with Gasteiger partial charge in [0.1, 0.15) is 0 Å². The molecule has 180 valence electrons. The molecule has 2 amide bonds. The van der Waals surface area contributed by atoms with Crippen LogP contribution in [0, 0.1) is 0 Å². The Labute approximate surface area is 194 Å². The summed E-state index contributed by atoms with van der Waals surface area (Å²) in [6.45, 7) is 5.16. The average molecular weight is 479 g/mol. The van der Waals surface area contributed by atoms with E-state index in [4.69, 9.17) is 14.6 Å². The van der Waals surface area contributed by atoms with E-state index in [0.717, 1.165) is 0 Å². The zero-order valence-electron chi connectivity index (χ0n) is 19.0. The number of primary sulfonamides is 1. The van der Waals surface area contributed by atoms with Crippen LogP contribution in [0.15, 0.2) is 47.4 Å². The van der Waals surface area contributed by atoms with Crippen LogP contribution < -0.4 is 25.2 Å². The van der Waals surface area contributed by atoms with E-state index in [0.29, 0.717) is 42.6 Å². The zero-order chi connectivity index (χ0) is 24.4. The number of nitrogens with zero attached hydrogens (tertiary/aromatic N) is 1. The van der Waals surface area contributed by atoms with E-state index in [-0.39, 0.29) is 29.7 Å². The van der Waals surface area contributed by atoms with E-state index in [2.05, 4.69) is 10.6 Å². The normalized spacial score (nSPS) is 11.2. The van der Waals surface area contributed by atoms with Crippen molar-refractivity contribution >= 4 is 33.2 Å². The lowest BCUT2D eigenvalue weighted by Crippen LogP contribution is -2.32. The molecule has 33 heavy (non-hydrogen) atoms. The SMILES string of the molecule is CCOc1ccc(NC(=O)CN(C)CCC(=O)Nc2ccc(S(N)(=O)=O)cc2)cc1OCC. The Morgan fingerprint density at radius 2 is 1.48 bits per heavy atom. The van der Waals surface area contributed by atoms with Crippen LogP contribution >= 0.6 is 0 Å². The number of amides is 2. The molecule has 10 nitrogen and oxygen atoms in total. The predicted molar refractivity (Wildman–Crippen MR) is 126 cm³/mol. The number of rotatable bonds is 12. The minimum Gasteiger partial charge on any atom is -0.490 e. The van der Waals surface area contributed by atoms with Gasteiger partial charge in [-0.05, 0) is 57.3 Å². The summed E-state index contributed by atoms with van der Waals surface area (Å²) in [5, 5.41) is 10.5. The monoisotopic (exact) mass is 478 g/mol. The number of hydrogen-bond donors (Lipinski definition) is 3. The maximum Gasteiger partial charge on any atom is 0.238 e. The fraction of sp³-hybridized carbons (Fsp3) is 0.364. The minimum absolute atomic E-state index is 0.0350. The molecule has 2 aromatic carbocycles. The molecule has 0 unspecified atom stereocenters. The third-order valence-electron chi connectivity index (χ3n) is 4.43. The third kappa shape index (κ3) is 8.72. The highest BCUT2D eigenvalue weighted by atomic mass is 32.2. The van der Waals surface area contributed by atoms with Crippen molar-refractivity contribution in [1.29, 1.82) is 0 Å². The summed E-state index contributed by atoms with van der Waals surface area (Å²) in [4.78, 5) is 26.2. The number of nitrogens with two attached hydrogens (primary N) is 1. The van der Waals surface area contributed by atoms with Gasteiger partial charge < -0.3 is 20.1 Å². The summed E-state index contributed by atoms with van der Waals surface area (Å²) in [7, 11) is -2.05. The maximum atomic E-state index is 12.4. The molecule has 0 aliphatic heterocycles. The number of hydrogen-bond acceptors (Lipinski definition) is 7. The molecule has 0 spiro atoms. The van der Waals surface area contributed by atoms with Gasteiger partial charge in [0.2, 0.25) is 21.8 Å². The fourth-order valence-electron chi connectivity index (χ4n) is 2.90. The van der Waals surface area contributed by atoms with E-state index in [9.17, 15) is 18.0 Å². The molecule has 0 saturated carbocycles. The van der Waals surface area contributed by atoms with Crippen LogP contribution in [0.4, 0.5) is 11.4 Å².